The van der Waals surface area contributed by atoms with Crippen molar-refractivity contribution in [1.82, 2.24) is 10.2 Å². The maximum atomic E-state index is 12.1. The summed E-state index contributed by atoms with van der Waals surface area (Å²) in [5.41, 5.74) is 0.535. The first kappa shape index (κ1) is 16.0. The highest BCUT2D eigenvalue weighted by Crippen LogP contribution is 2.24. The van der Waals surface area contributed by atoms with E-state index in [4.69, 9.17) is 16.0 Å². The average Bonchev–Trinajstić information content (AvgIpc) is 3.17. The quantitative estimate of drug-likeness (QED) is 0.681. The Bertz CT molecular complexity index is 814. The molecule has 23 heavy (non-hydrogen) atoms. The van der Waals surface area contributed by atoms with Gasteiger partial charge in [-0.05, 0) is 42.7 Å². The lowest BCUT2D eigenvalue weighted by Crippen LogP contribution is -2.11. The van der Waals surface area contributed by atoms with Crippen LogP contribution in [0, 0.1) is 0 Å². The lowest BCUT2D eigenvalue weighted by atomic mass is 10.2. The van der Waals surface area contributed by atoms with Gasteiger partial charge in [0.15, 0.2) is 0 Å². The fourth-order valence-electron chi connectivity index (χ4n) is 1.88. The summed E-state index contributed by atoms with van der Waals surface area (Å²) in [5, 5.41) is 10.4. The van der Waals surface area contributed by atoms with Gasteiger partial charge in [0, 0.05) is 15.3 Å². The van der Waals surface area contributed by atoms with Crippen molar-refractivity contribution >= 4 is 46.6 Å². The second kappa shape index (κ2) is 7.16. The molecule has 0 aliphatic heterocycles. The van der Waals surface area contributed by atoms with Gasteiger partial charge in [-0.15, -0.1) is 28.2 Å². The van der Waals surface area contributed by atoms with E-state index in [-0.39, 0.29) is 11.9 Å². The normalized spacial score (nSPS) is 10.7. The van der Waals surface area contributed by atoms with Gasteiger partial charge in [0.1, 0.15) is 0 Å². The van der Waals surface area contributed by atoms with Crippen molar-refractivity contribution in [3.05, 3.63) is 57.1 Å². The van der Waals surface area contributed by atoms with E-state index in [1.165, 1.54) is 11.3 Å². The lowest BCUT2D eigenvalue weighted by molar-refractivity contribution is 0.102. The van der Waals surface area contributed by atoms with E-state index in [0.29, 0.717) is 22.2 Å². The van der Waals surface area contributed by atoms with Crippen LogP contribution in [0.1, 0.15) is 21.1 Å². The lowest BCUT2D eigenvalue weighted by Gasteiger charge is -2.01. The van der Waals surface area contributed by atoms with E-state index in [2.05, 4.69) is 15.5 Å². The molecule has 0 spiro atoms. The van der Waals surface area contributed by atoms with Gasteiger partial charge in [-0.1, -0.05) is 16.7 Å². The minimum atomic E-state index is -0.285. The number of rotatable bonds is 5. The monoisotopic (exact) mass is 365 g/mol. The molecule has 0 radical (unpaired) electrons. The molecule has 0 saturated carbocycles. The van der Waals surface area contributed by atoms with Crippen molar-refractivity contribution in [3.8, 4) is 0 Å². The molecular formula is C15H12ClN3O2S2. The maximum Gasteiger partial charge on any atom is 0.322 e. The van der Waals surface area contributed by atoms with Crippen LogP contribution in [0.15, 0.2) is 45.7 Å². The van der Waals surface area contributed by atoms with Gasteiger partial charge in [-0.2, -0.15) is 0 Å². The second-order valence-electron chi connectivity index (χ2n) is 4.57. The molecule has 0 saturated heterocycles. The molecule has 1 amide bonds. The Morgan fingerprint density at radius 1 is 1.26 bits per heavy atom. The van der Waals surface area contributed by atoms with Gasteiger partial charge < -0.3 is 4.42 Å². The van der Waals surface area contributed by atoms with Crippen LogP contribution in [0.5, 0.6) is 0 Å². The average molecular weight is 366 g/mol. The van der Waals surface area contributed by atoms with Gasteiger partial charge in [0.2, 0.25) is 5.89 Å². The number of nitrogens with zero attached hydrogens (tertiary/aromatic N) is 2. The van der Waals surface area contributed by atoms with Gasteiger partial charge in [0.05, 0.1) is 10.8 Å². The summed E-state index contributed by atoms with van der Waals surface area (Å²) in [6, 6.07) is 11.1. The molecule has 1 aromatic carbocycles. The number of anilines is 1. The highest BCUT2D eigenvalue weighted by atomic mass is 35.5. The minimum absolute atomic E-state index is 0.0848. The molecule has 0 fully saturated rings. The number of carbonyl (C=O) groups excluding carboxylic acids is 1. The molecular weight excluding hydrogens is 354 g/mol. The third-order valence-electron chi connectivity index (χ3n) is 2.99. The van der Waals surface area contributed by atoms with E-state index in [1.54, 1.807) is 23.9 Å². The Morgan fingerprint density at radius 2 is 2.04 bits per heavy atom. The number of hydrogen-bond donors (Lipinski definition) is 1. The van der Waals surface area contributed by atoms with Crippen LogP contribution in [-0.2, 0) is 6.42 Å². The predicted molar refractivity (Wildman–Crippen MR) is 92.6 cm³/mol. The minimum Gasteiger partial charge on any atom is -0.407 e. The molecule has 0 aliphatic rings. The molecule has 0 aliphatic carbocycles. The second-order valence-corrected chi connectivity index (χ2v) is 7.25. The zero-order chi connectivity index (χ0) is 16.2. The van der Waals surface area contributed by atoms with E-state index >= 15 is 0 Å². The highest BCUT2D eigenvalue weighted by molar-refractivity contribution is 7.98. The van der Waals surface area contributed by atoms with Crippen LogP contribution in [0.2, 0.25) is 4.34 Å². The SMILES string of the molecule is CSc1ccc(C(=O)Nc2nnc(Cc3ccc(Cl)s3)o2)cc1. The summed E-state index contributed by atoms with van der Waals surface area (Å²) >= 11 is 8.96. The number of carbonyl (C=O) groups is 1. The molecule has 3 aromatic rings. The van der Waals surface area contributed by atoms with Gasteiger partial charge in [-0.25, -0.2) is 0 Å². The van der Waals surface area contributed by atoms with Gasteiger partial charge in [0.25, 0.3) is 5.91 Å². The largest absolute Gasteiger partial charge is 0.407 e. The molecule has 1 N–H and O–H groups in total. The van der Waals surface area contributed by atoms with Crippen molar-refractivity contribution in [3.63, 3.8) is 0 Å². The Labute approximate surface area is 146 Å². The van der Waals surface area contributed by atoms with Gasteiger partial charge >= 0.3 is 6.01 Å². The summed E-state index contributed by atoms with van der Waals surface area (Å²) in [5.74, 6) is 0.142. The standard InChI is InChI=1S/C15H12ClN3O2S2/c1-22-10-4-2-9(3-5-10)14(20)17-15-19-18-13(21-15)8-11-6-7-12(16)23-11/h2-7H,8H2,1H3,(H,17,19,20). The van der Waals surface area contributed by atoms with Crippen LogP contribution in [0.4, 0.5) is 6.01 Å². The van der Waals surface area contributed by atoms with Crippen LogP contribution in [-0.4, -0.2) is 22.4 Å². The number of aromatic nitrogens is 2. The molecule has 0 unspecified atom stereocenters. The third-order valence-corrected chi connectivity index (χ3v) is 4.97. The van der Waals surface area contributed by atoms with E-state index in [9.17, 15) is 4.79 Å². The summed E-state index contributed by atoms with van der Waals surface area (Å²) in [6.07, 6.45) is 2.47. The van der Waals surface area contributed by atoms with Crippen LogP contribution in [0.3, 0.4) is 0 Å². The van der Waals surface area contributed by atoms with Crippen LogP contribution < -0.4 is 5.32 Å². The Kier molecular flexibility index (Phi) is 5.00. The zero-order valence-electron chi connectivity index (χ0n) is 12.1. The molecule has 0 bridgehead atoms. The van der Waals surface area contributed by atoms with E-state index in [0.717, 1.165) is 9.77 Å². The zero-order valence-corrected chi connectivity index (χ0v) is 14.5. The molecule has 5 nitrogen and oxygen atoms in total. The highest BCUT2D eigenvalue weighted by Gasteiger charge is 2.12. The Balaban J connectivity index is 1.64. The van der Waals surface area contributed by atoms with Crippen LogP contribution in [0.25, 0.3) is 0 Å². The van der Waals surface area contributed by atoms with Crippen molar-refractivity contribution in [2.75, 3.05) is 11.6 Å². The number of amides is 1. The van der Waals surface area contributed by atoms with Crippen molar-refractivity contribution < 1.29 is 9.21 Å². The maximum absolute atomic E-state index is 12.1. The fourth-order valence-corrected chi connectivity index (χ4v) is 3.37. The summed E-state index contributed by atoms with van der Waals surface area (Å²) in [6.45, 7) is 0. The summed E-state index contributed by atoms with van der Waals surface area (Å²) in [7, 11) is 0. The Morgan fingerprint density at radius 3 is 2.70 bits per heavy atom. The number of thioether (sulfide) groups is 1. The molecule has 2 aromatic heterocycles. The molecule has 8 heteroatoms. The topological polar surface area (TPSA) is 68.0 Å². The molecule has 118 valence electrons. The number of nitrogens with one attached hydrogen (secondary N) is 1. The first-order chi connectivity index (χ1) is 11.1. The first-order valence-electron chi connectivity index (χ1n) is 6.66. The summed E-state index contributed by atoms with van der Waals surface area (Å²) in [4.78, 5) is 14.2. The van der Waals surface area contributed by atoms with E-state index in [1.807, 2.05) is 30.5 Å². The number of thiophene rings is 1. The van der Waals surface area contributed by atoms with Crippen molar-refractivity contribution in [2.45, 2.75) is 11.3 Å². The number of benzene rings is 1. The molecule has 3 rings (SSSR count). The number of halogens is 1. The molecule has 0 atom stereocenters. The Hall–Kier alpha value is -1.83. The number of hydrogen-bond acceptors (Lipinski definition) is 6. The van der Waals surface area contributed by atoms with Gasteiger partial charge in [-0.3, -0.25) is 10.1 Å². The molecule has 2 heterocycles. The first-order valence-corrected chi connectivity index (χ1v) is 9.08. The van der Waals surface area contributed by atoms with Crippen molar-refractivity contribution in [1.29, 1.82) is 0 Å². The fraction of sp³-hybridized carbons (Fsp3) is 0.133. The van der Waals surface area contributed by atoms with Crippen molar-refractivity contribution in [2.24, 2.45) is 0 Å². The third kappa shape index (κ3) is 4.13. The predicted octanol–water partition coefficient (Wildman–Crippen LogP) is 4.35. The summed E-state index contributed by atoms with van der Waals surface area (Å²) < 4.78 is 6.15. The van der Waals surface area contributed by atoms with E-state index < -0.39 is 0 Å². The smallest absolute Gasteiger partial charge is 0.322 e. The van der Waals surface area contributed by atoms with Crippen LogP contribution >= 0.6 is 34.7 Å².